The van der Waals surface area contributed by atoms with E-state index in [0.29, 0.717) is 0 Å². The van der Waals surface area contributed by atoms with E-state index >= 15 is 0 Å². The molecule has 0 aliphatic heterocycles. The lowest BCUT2D eigenvalue weighted by molar-refractivity contribution is -0.456. The number of nitrogens with one attached hydrogen (secondary N) is 1. The molecule has 5 N–H and O–H groups in total. The maximum absolute atomic E-state index is 5.14. The molecular weight excluding hydrogens is 196 g/mol. The van der Waals surface area contributed by atoms with Crippen LogP contribution in [0.4, 0.5) is 0 Å². The highest BCUT2D eigenvalue weighted by Gasteiger charge is 1.92. The third-order valence-corrected chi connectivity index (χ3v) is 2.28. The van der Waals surface area contributed by atoms with E-state index in [2.05, 4.69) is 10.2 Å². The number of hydrogen-bond donors (Lipinski definition) is 3. The largest absolute Gasteiger partial charge is 0.365 e. The molecule has 0 fully saturated rings. The molecule has 1 aromatic carbocycles. The highest BCUT2D eigenvalue weighted by Crippen LogP contribution is 2.13. The van der Waals surface area contributed by atoms with Gasteiger partial charge in [-0.25, -0.2) is 0 Å². The first-order chi connectivity index (χ1) is 6.72. The van der Waals surface area contributed by atoms with Gasteiger partial charge in [-0.3, -0.25) is 0 Å². The molecular formula is C9H13N4S+. The van der Waals surface area contributed by atoms with Crippen LogP contribution in [0, 0.1) is 0 Å². The summed E-state index contributed by atoms with van der Waals surface area (Å²) >= 11 is 1.70. The van der Waals surface area contributed by atoms with Crippen molar-refractivity contribution in [3.8, 4) is 0 Å². The zero-order valence-corrected chi connectivity index (χ0v) is 8.71. The Hall–Kier alpha value is -1.49. The van der Waals surface area contributed by atoms with E-state index in [1.54, 1.807) is 18.0 Å². The molecule has 74 valence electrons. The van der Waals surface area contributed by atoms with Crippen molar-refractivity contribution < 1.29 is 5.10 Å². The molecule has 0 aromatic heterocycles. The summed E-state index contributed by atoms with van der Waals surface area (Å²) < 4.78 is 0. The molecule has 0 radical (unpaired) electrons. The summed E-state index contributed by atoms with van der Waals surface area (Å²) in [5.74, 6) is 0.0157. The summed E-state index contributed by atoms with van der Waals surface area (Å²) in [7, 11) is 0. The smallest absolute Gasteiger partial charge is 0.256 e. The first-order valence-corrected chi connectivity index (χ1v) is 5.26. The predicted octanol–water partition coefficient (Wildman–Crippen LogP) is -0.904. The Morgan fingerprint density at radius 1 is 1.36 bits per heavy atom. The lowest BCUT2D eigenvalue weighted by Crippen LogP contribution is -2.63. The van der Waals surface area contributed by atoms with E-state index in [1.165, 1.54) is 4.90 Å². The van der Waals surface area contributed by atoms with Crippen molar-refractivity contribution in [3.05, 3.63) is 29.8 Å². The van der Waals surface area contributed by atoms with E-state index < -0.39 is 0 Å². The van der Waals surface area contributed by atoms with Crippen LogP contribution < -0.4 is 16.6 Å². The number of hydrogen-bond acceptors (Lipinski definition) is 2. The molecule has 4 nitrogen and oxygen atoms in total. The van der Waals surface area contributed by atoms with E-state index in [4.69, 9.17) is 11.5 Å². The highest BCUT2D eigenvalue weighted by atomic mass is 32.2. The minimum atomic E-state index is 0.0157. The fourth-order valence-corrected chi connectivity index (χ4v) is 1.29. The van der Waals surface area contributed by atoms with Crippen molar-refractivity contribution in [3.63, 3.8) is 0 Å². The molecule has 1 rings (SSSR count). The molecule has 0 unspecified atom stereocenters. The average molecular weight is 209 g/mol. The van der Waals surface area contributed by atoms with E-state index in [-0.39, 0.29) is 5.96 Å². The Bertz CT molecular complexity index is 338. The van der Waals surface area contributed by atoms with Gasteiger partial charge in [0.2, 0.25) is 6.21 Å². The standard InChI is InChI=1S/C9H12N4S/c1-14-8-4-2-7(3-5-8)6-12-13-9(10)11/h2-6H,1H3,(H4,10,11,13)/p+1/b12-6+. The van der Waals surface area contributed by atoms with Gasteiger partial charge in [-0.15, -0.1) is 16.9 Å². The highest BCUT2D eigenvalue weighted by molar-refractivity contribution is 7.98. The number of nitrogens with zero attached hydrogens (tertiary/aromatic N) is 1. The molecule has 1 aromatic rings. The summed E-state index contributed by atoms with van der Waals surface area (Å²) in [6.45, 7) is 0. The van der Waals surface area contributed by atoms with Gasteiger partial charge >= 0.3 is 0 Å². The fourth-order valence-electron chi connectivity index (χ4n) is 0.881. The van der Waals surface area contributed by atoms with Crippen LogP contribution in [0.2, 0.25) is 0 Å². The van der Waals surface area contributed by atoms with Gasteiger partial charge in [0.1, 0.15) is 0 Å². The number of benzene rings is 1. The lowest BCUT2D eigenvalue weighted by atomic mass is 10.2. The van der Waals surface area contributed by atoms with Crippen LogP contribution in [0.15, 0.2) is 34.3 Å². The number of guanidine groups is 1. The normalized spacial score (nSPS) is 10.4. The van der Waals surface area contributed by atoms with Crippen molar-refractivity contribution >= 4 is 23.9 Å². The zero-order chi connectivity index (χ0) is 10.4. The molecule has 0 aliphatic carbocycles. The van der Waals surface area contributed by atoms with Gasteiger partial charge in [-0.2, -0.15) is 0 Å². The number of thioether (sulfide) groups is 1. The summed E-state index contributed by atoms with van der Waals surface area (Å²) in [6, 6.07) is 8.05. The zero-order valence-electron chi connectivity index (χ0n) is 7.90. The van der Waals surface area contributed by atoms with Crippen LogP contribution >= 0.6 is 11.8 Å². The van der Waals surface area contributed by atoms with E-state index in [1.807, 2.05) is 30.5 Å². The quantitative estimate of drug-likeness (QED) is 0.261. The van der Waals surface area contributed by atoms with Crippen LogP contribution in [0.1, 0.15) is 5.56 Å². The third-order valence-electron chi connectivity index (χ3n) is 1.54. The van der Waals surface area contributed by atoms with Crippen molar-refractivity contribution in [2.75, 3.05) is 6.26 Å². The van der Waals surface area contributed by atoms with E-state index in [0.717, 1.165) is 5.56 Å². The van der Waals surface area contributed by atoms with Crippen LogP contribution in [0.5, 0.6) is 0 Å². The molecule has 0 heterocycles. The fraction of sp³-hybridized carbons (Fsp3) is 0.111. The van der Waals surface area contributed by atoms with Gasteiger partial charge < -0.3 is 11.5 Å². The molecule has 0 aliphatic rings. The molecule has 0 saturated heterocycles. The van der Waals surface area contributed by atoms with Crippen molar-refractivity contribution in [1.82, 2.24) is 0 Å². The third kappa shape index (κ3) is 3.49. The molecule has 5 heteroatoms. The predicted molar refractivity (Wildman–Crippen MR) is 60.2 cm³/mol. The SMILES string of the molecule is CSc1ccc(/C=[NH+]/N=C(N)N)cc1. The molecule has 0 spiro atoms. The molecule has 0 saturated carbocycles. The maximum atomic E-state index is 5.14. The minimum Gasteiger partial charge on any atom is -0.365 e. The summed E-state index contributed by atoms with van der Waals surface area (Å²) in [5.41, 5.74) is 11.3. The first-order valence-electron chi connectivity index (χ1n) is 4.04. The second-order valence-corrected chi connectivity index (χ2v) is 3.46. The Balaban J connectivity index is 2.69. The van der Waals surface area contributed by atoms with Gasteiger partial charge in [0.05, 0.1) is 0 Å². The number of hydrazone groups is 1. The molecule has 0 atom stereocenters. The summed E-state index contributed by atoms with van der Waals surface area (Å²) in [4.78, 5) is 1.23. The lowest BCUT2D eigenvalue weighted by Gasteiger charge is -1.93. The number of nitrogens with two attached hydrogens (primary N) is 2. The Morgan fingerprint density at radius 2 is 2.00 bits per heavy atom. The molecule has 0 amide bonds. The summed E-state index contributed by atoms with van der Waals surface area (Å²) in [6.07, 6.45) is 3.76. The van der Waals surface area contributed by atoms with Gasteiger partial charge in [0, 0.05) is 15.6 Å². The van der Waals surface area contributed by atoms with Crippen molar-refractivity contribution in [2.24, 2.45) is 16.6 Å². The Morgan fingerprint density at radius 3 is 2.50 bits per heavy atom. The van der Waals surface area contributed by atoms with Crippen LogP contribution in [-0.2, 0) is 0 Å². The molecule has 0 bridgehead atoms. The van der Waals surface area contributed by atoms with Crippen LogP contribution in [0.3, 0.4) is 0 Å². The van der Waals surface area contributed by atoms with Gasteiger partial charge in [-0.05, 0) is 30.5 Å². The van der Waals surface area contributed by atoms with Gasteiger partial charge in [0.25, 0.3) is 5.96 Å². The van der Waals surface area contributed by atoms with Crippen LogP contribution in [-0.4, -0.2) is 18.4 Å². The Kier molecular flexibility index (Phi) is 4.00. The first kappa shape index (κ1) is 10.6. The second kappa shape index (κ2) is 5.29. The second-order valence-electron chi connectivity index (χ2n) is 2.58. The average Bonchev–Trinajstić information content (AvgIpc) is 2.18. The van der Waals surface area contributed by atoms with Gasteiger partial charge in [-0.1, -0.05) is 0 Å². The maximum Gasteiger partial charge on any atom is 0.256 e. The summed E-state index contributed by atoms with van der Waals surface area (Å²) in [5, 5.41) is 6.27. The Labute approximate surface area is 87.1 Å². The van der Waals surface area contributed by atoms with Crippen molar-refractivity contribution in [1.29, 1.82) is 0 Å². The van der Waals surface area contributed by atoms with Gasteiger partial charge in [0.15, 0.2) is 0 Å². The van der Waals surface area contributed by atoms with Crippen molar-refractivity contribution in [2.45, 2.75) is 4.90 Å². The topological polar surface area (TPSA) is 78.4 Å². The molecule has 14 heavy (non-hydrogen) atoms. The van der Waals surface area contributed by atoms with E-state index in [9.17, 15) is 0 Å². The van der Waals surface area contributed by atoms with Crippen LogP contribution in [0.25, 0.3) is 0 Å². The monoisotopic (exact) mass is 209 g/mol. The minimum absolute atomic E-state index is 0.0157. The number of rotatable bonds is 3.